The largest absolute Gasteiger partial charge is 0.457 e. The van der Waals surface area contributed by atoms with Crippen LogP contribution in [0.5, 0.6) is 5.75 Å². The van der Waals surface area contributed by atoms with Gasteiger partial charge in [-0.05, 0) is 74.0 Å². The van der Waals surface area contributed by atoms with Crippen LogP contribution in [0.2, 0.25) is 0 Å². The standard InChI is InChI=1S/C32H33NO2S3/c1-22(33-18-16-25(17-19-33)20-24-6-4-3-5-7-24)31(34)28-12-14-29(15-13-28)35-23(2)26-8-10-27(11-9-26)30-21-37-38-32(30)36/h3-15,21-22,25,31,34H,2,16-20H2,1H3. The number of aliphatic hydroxyl groups excluding tert-OH is 1. The second kappa shape index (κ2) is 12.5. The summed E-state index contributed by atoms with van der Waals surface area (Å²) in [6, 6.07) is 26.7. The van der Waals surface area contributed by atoms with Crippen LogP contribution >= 0.6 is 32.9 Å². The van der Waals surface area contributed by atoms with E-state index in [0.29, 0.717) is 17.4 Å². The fourth-order valence-corrected chi connectivity index (χ4v) is 7.55. The lowest BCUT2D eigenvalue weighted by Crippen LogP contribution is -2.43. The topological polar surface area (TPSA) is 32.7 Å². The molecule has 1 N–H and O–H groups in total. The molecular weight excluding hydrogens is 527 g/mol. The predicted octanol–water partition coefficient (Wildman–Crippen LogP) is 8.63. The minimum atomic E-state index is -0.544. The van der Waals surface area contributed by atoms with E-state index in [0.717, 1.165) is 45.6 Å². The molecule has 2 atom stereocenters. The van der Waals surface area contributed by atoms with Crippen LogP contribution < -0.4 is 4.74 Å². The van der Waals surface area contributed by atoms with Crippen LogP contribution in [0.15, 0.2) is 90.8 Å². The second-order valence-electron chi connectivity index (χ2n) is 10.0. The molecule has 0 bridgehead atoms. The van der Waals surface area contributed by atoms with Crippen molar-refractivity contribution in [2.75, 3.05) is 13.1 Å². The zero-order chi connectivity index (χ0) is 26.5. The molecule has 1 fully saturated rings. The third-order valence-electron chi connectivity index (χ3n) is 7.54. The number of piperidine rings is 1. The average Bonchev–Trinajstić information content (AvgIpc) is 3.39. The van der Waals surface area contributed by atoms with Gasteiger partial charge in [0.1, 0.15) is 15.3 Å². The number of nitrogens with zero attached hydrogens (tertiary/aromatic N) is 1. The van der Waals surface area contributed by atoms with Crippen molar-refractivity contribution in [3.05, 3.63) is 111 Å². The second-order valence-corrected chi connectivity index (χ2v) is 12.8. The average molecular weight is 560 g/mol. The van der Waals surface area contributed by atoms with Crippen molar-refractivity contribution in [3.63, 3.8) is 0 Å². The number of hydrogen-bond acceptors (Lipinski definition) is 6. The van der Waals surface area contributed by atoms with Gasteiger partial charge in [-0.2, -0.15) is 0 Å². The number of ether oxygens (including phenoxy) is 1. The van der Waals surface area contributed by atoms with E-state index >= 15 is 0 Å². The molecular formula is C32H33NO2S3. The molecule has 1 aliphatic rings. The number of rotatable bonds is 9. The van der Waals surface area contributed by atoms with Crippen molar-refractivity contribution in [2.45, 2.75) is 38.3 Å². The summed E-state index contributed by atoms with van der Waals surface area (Å²) in [7, 11) is 3.28. The Morgan fingerprint density at radius 2 is 1.71 bits per heavy atom. The zero-order valence-electron chi connectivity index (χ0n) is 21.6. The summed E-state index contributed by atoms with van der Waals surface area (Å²) in [5.41, 5.74) is 5.46. The summed E-state index contributed by atoms with van der Waals surface area (Å²) >= 11 is 5.41. The first-order valence-electron chi connectivity index (χ1n) is 13.1. The van der Waals surface area contributed by atoms with Crippen LogP contribution in [0.1, 0.15) is 42.6 Å². The lowest BCUT2D eigenvalue weighted by molar-refractivity contribution is 0.0373. The number of likely N-dealkylation sites (tertiary alicyclic amines) is 1. The Kier molecular flexibility index (Phi) is 8.87. The summed E-state index contributed by atoms with van der Waals surface area (Å²) in [4.78, 5) is 2.42. The van der Waals surface area contributed by atoms with E-state index in [1.54, 1.807) is 20.7 Å². The molecule has 1 saturated heterocycles. The van der Waals surface area contributed by atoms with Crippen LogP contribution in [0.25, 0.3) is 16.9 Å². The predicted molar refractivity (Wildman–Crippen MR) is 163 cm³/mol. The summed E-state index contributed by atoms with van der Waals surface area (Å²) in [6.45, 7) is 8.29. The highest BCUT2D eigenvalue weighted by Gasteiger charge is 2.27. The molecule has 4 aromatic rings. The lowest BCUT2D eigenvalue weighted by atomic mass is 9.89. The zero-order valence-corrected chi connectivity index (χ0v) is 24.0. The van der Waals surface area contributed by atoms with Gasteiger partial charge in [-0.25, -0.2) is 0 Å². The Morgan fingerprint density at radius 1 is 1.03 bits per heavy atom. The van der Waals surface area contributed by atoms with Crippen molar-refractivity contribution in [2.24, 2.45) is 5.92 Å². The van der Waals surface area contributed by atoms with Gasteiger partial charge in [0.15, 0.2) is 0 Å². The third-order valence-corrected chi connectivity index (χ3v) is 10.2. The van der Waals surface area contributed by atoms with Crippen LogP contribution in [-0.2, 0) is 6.42 Å². The van der Waals surface area contributed by atoms with Gasteiger partial charge in [0.25, 0.3) is 0 Å². The summed E-state index contributed by atoms with van der Waals surface area (Å²) < 4.78 is 6.94. The Hall–Kier alpha value is -2.61. The SMILES string of the molecule is C=C(Oc1ccc(C(O)C(C)N2CCC(Cc3ccccc3)CC2)cc1)c1ccc(-c2cssc2=S)cc1. The molecule has 38 heavy (non-hydrogen) atoms. The first-order chi connectivity index (χ1) is 18.5. The van der Waals surface area contributed by atoms with Gasteiger partial charge in [-0.15, -0.1) is 0 Å². The molecule has 2 unspecified atom stereocenters. The van der Waals surface area contributed by atoms with Crippen molar-refractivity contribution in [1.82, 2.24) is 4.90 Å². The van der Waals surface area contributed by atoms with Crippen molar-refractivity contribution < 1.29 is 9.84 Å². The number of benzene rings is 3. The Labute approximate surface area is 238 Å². The minimum absolute atomic E-state index is 0.0626. The van der Waals surface area contributed by atoms with Crippen LogP contribution in [-0.4, -0.2) is 29.1 Å². The smallest absolute Gasteiger partial charge is 0.127 e. The molecule has 1 aromatic heterocycles. The maximum Gasteiger partial charge on any atom is 0.127 e. The molecule has 196 valence electrons. The quantitative estimate of drug-likeness (QED) is 0.126. The molecule has 2 heterocycles. The number of aliphatic hydroxyl groups is 1. The van der Waals surface area contributed by atoms with Crippen LogP contribution in [0.3, 0.4) is 0 Å². The van der Waals surface area contributed by atoms with E-state index < -0.39 is 6.10 Å². The molecule has 3 aromatic carbocycles. The maximum atomic E-state index is 11.1. The first-order valence-corrected chi connectivity index (χ1v) is 15.7. The van der Waals surface area contributed by atoms with Crippen molar-refractivity contribution in [3.8, 4) is 16.9 Å². The van der Waals surface area contributed by atoms with E-state index in [1.165, 1.54) is 18.4 Å². The van der Waals surface area contributed by atoms with E-state index in [1.807, 2.05) is 36.4 Å². The van der Waals surface area contributed by atoms with E-state index in [2.05, 4.69) is 66.2 Å². The molecule has 3 nitrogen and oxygen atoms in total. The molecule has 5 rings (SSSR count). The van der Waals surface area contributed by atoms with Gasteiger partial charge in [-0.3, -0.25) is 4.90 Å². The summed E-state index contributed by atoms with van der Waals surface area (Å²) in [5.74, 6) is 2.01. The fraction of sp³-hybridized carbons (Fsp3) is 0.281. The Bertz CT molecular complexity index is 1390. The van der Waals surface area contributed by atoms with Crippen LogP contribution in [0.4, 0.5) is 0 Å². The Balaban J connectivity index is 1.13. The normalized spacial score (nSPS) is 16.2. The third kappa shape index (κ3) is 6.50. The highest BCUT2D eigenvalue weighted by Crippen LogP contribution is 2.31. The molecule has 6 heteroatoms. The van der Waals surface area contributed by atoms with Crippen molar-refractivity contribution >= 4 is 38.7 Å². The molecule has 1 aliphatic heterocycles. The van der Waals surface area contributed by atoms with Gasteiger partial charge < -0.3 is 9.84 Å². The van der Waals surface area contributed by atoms with Gasteiger partial charge in [0.2, 0.25) is 0 Å². The van der Waals surface area contributed by atoms with Gasteiger partial charge in [0, 0.05) is 22.5 Å². The fourth-order valence-electron chi connectivity index (χ4n) is 5.15. The van der Waals surface area contributed by atoms with E-state index in [-0.39, 0.29) is 6.04 Å². The summed E-state index contributed by atoms with van der Waals surface area (Å²) in [5, 5.41) is 13.2. The van der Waals surface area contributed by atoms with Crippen LogP contribution in [0, 0.1) is 9.74 Å². The summed E-state index contributed by atoms with van der Waals surface area (Å²) in [6.07, 6.45) is 2.94. The van der Waals surface area contributed by atoms with Gasteiger partial charge in [0.05, 0.1) is 6.10 Å². The van der Waals surface area contributed by atoms with E-state index in [4.69, 9.17) is 17.0 Å². The van der Waals surface area contributed by atoms with Crippen molar-refractivity contribution in [1.29, 1.82) is 0 Å². The van der Waals surface area contributed by atoms with Gasteiger partial charge >= 0.3 is 0 Å². The molecule has 0 amide bonds. The maximum absolute atomic E-state index is 11.1. The monoisotopic (exact) mass is 559 g/mol. The van der Waals surface area contributed by atoms with Gasteiger partial charge in [-0.1, -0.05) is 106 Å². The highest BCUT2D eigenvalue weighted by atomic mass is 32.9. The Morgan fingerprint density at radius 3 is 2.34 bits per heavy atom. The molecule has 0 spiro atoms. The van der Waals surface area contributed by atoms with E-state index in [9.17, 15) is 5.11 Å². The molecule has 0 radical (unpaired) electrons. The first kappa shape index (κ1) is 27.0. The molecule has 0 saturated carbocycles. The number of hydrogen-bond donors (Lipinski definition) is 1. The lowest BCUT2D eigenvalue weighted by Gasteiger charge is -2.38. The highest BCUT2D eigenvalue weighted by molar-refractivity contribution is 7.79. The molecule has 0 aliphatic carbocycles. The minimum Gasteiger partial charge on any atom is -0.457 e.